The Hall–Kier alpha value is -2.46. The SMILES string of the molecule is CC(C)N1N=C(C(F)(F)F)C(=Nc2ccc(OC(N)N)cc2)C1=N. The lowest BCUT2D eigenvalue weighted by molar-refractivity contribution is -0.0571. The monoisotopic (exact) mass is 342 g/mol. The maximum Gasteiger partial charge on any atom is 0.437 e. The summed E-state index contributed by atoms with van der Waals surface area (Å²) in [5.41, 5.74) is 9.05. The number of hydrogen-bond acceptors (Lipinski definition) is 6. The number of nitrogens with two attached hydrogens (primary N) is 2. The van der Waals surface area contributed by atoms with Crippen molar-refractivity contribution in [1.29, 1.82) is 5.41 Å². The predicted molar refractivity (Wildman–Crippen MR) is 84.5 cm³/mol. The van der Waals surface area contributed by atoms with Gasteiger partial charge in [0.15, 0.2) is 11.5 Å². The maximum absolute atomic E-state index is 13.1. The van der Waals surface area contributed by atoms with E-state index in [0.717, 1.165) is 5.01 Å². The molecule has 5 N–H and O–H groups in total. The van der Waals surface area contributed by atoms with Crippen molar-refractivity contribution in [3.05, 3.63) is 24.3 Å². The van der Waals surface area contributed by atoms with Crippen molar-refractivity contribution in [3.8, 4) is 5.75 Å². The summed E-state index contributed by atoms with van der Waals surface area (Å²) >= 11 is 0. The van der Waals surface area contributed by atoms with Gasteiger partial charge in [0, 0.05) is 6.04 Å². The minimum Gasteiger partial charge on any atom is -0.463 e. The molecule has 0 unspecified atom stereocenters. The molecular formula is C14H17F3N6O. The van der Waals surface area contributed by atoms with Crippen LogP contribution in [0.3, 0.4) is 0 Å². The first-order valence-electron chi connectivity index (χ1n) is 7.00. The van der Waals surface area contributed by atoms with E-state index < -0.39 is 35.8 Å². The van der Waals surface area contributed by atoms with Gasteiger partial charge in [0.25, 0.3) is 0 Å². The van der Waals surface area contributed by atoms with Crippen LogP contribution in [-0.2, 0) is 0 Å². The molecule has 1 heterocycles. The van der Waals surface area contributed by atoms with Crippen LogP contribution in [0.1, 0.15) is 13.8 Å². The van der Waals surface area contributed by atoms with Gasteiger partial charge >= 0.3 is 6.18 Å². The first-order valence-corrected chi connectivity index (χ1v) is 7.00. The molecule has 0 aromatic heterocycles. The molecule has 1 aliphatic heterocycles. The largest absolute Gasteiger partial charge is 0.463 e. The van der Waals surface area contributed by atoms with Crippen molar-refractivity contribution in [3.63, 3.8) is 0 Å². The van der Waals surface area contributed by atoms with Crippen LogP contribution in [0.4, 0.5) is 18.9 Å². The lowest BCUT2D eigenvalue weighted by Gasteiger charge is -2.17. The highest BCUT2D eigenvalue weighted by atomic mass is 19.4. The number of hydrogen-bond donors (Lipinski definition) is 3. The highest BCUT2D eigenvalue weighted by molar-refractivity contribution is 6.70. The molecule has 0 amide bonds. The second-order valence-corrected chi connectivity index (χ2v) is 5.27. The zero-order valence-electron chi connectivity index (χ0n) is 13.0. The van der Waals surface area contributed by atoms with E-state index in [0.29, 0.717) is 5.75 Å². The maximum atomic E-state index is 13.1. The van der Waals surface area contributed by atoms with Crippen LogP contribution in [0.25, 0.3) is 0 Å². The molecule has 0 saturated carbocycles. The Morgan fingerprint density at radius 2 is 1.79 bits per heavy atom. The van der Waals surface area contributed by atoms with Crippen molar-refractivity contribution >= 4 is 22.9 Å². The quantitative estimate of drug-likeness (QED) is 0.726. The van der Waals surface area contributed by atoms with Gasteiger partial charge in [0.05, 0.1) is 5.69 Å². The molecule has 0 fully saturated rings. The molecule has 1 aromatic rings. The molecule has 130 valence electrons. The van der Waals surface area contributed by atoms with Gasteiger partial charge in [0.2, 0.25) is 6.35 Å². The van der Waals surface area contributed by atoms with Crippen LogP contribution in [0.2, 0.25) is 0 Å². The molecule has 10 heteroatoms. The second-order valence-electron chi connectivity index (χ2n) is 5.27. The highest BCUT2D eigenvalue weighted by Gasteiger charge is 2.46. The fourth-order valence-electron chi connectivity index (χ4n) is 1.98. The third-order valence-corrected chi connectivity index (χ3v) is 2.99. The van der Waals surface area contributed by atoms with Gasteiger partial charge in [-0.05, 0) is 38.1 Å². The zero-order chi connectivity index (χ0) is 18.1. The summed E-state index contributed by atoms with van der Waals surface area (Å²) in [6, 6.07) is 5.41. The Morgan fingerprint density at radius 1 is 1.21 bits per heavy atom. The van der Waals surface area contributed by atoms with Gasteiger partial charge in [-0.15, -0.1) is 0 Å². The smallest absolute Gasteiger partial charge is 0.437 e. The first kappa shape index (κ1) is 17.9. The van der Waals surface area contributed by atoms with Gasteiger partial charge in [-0.1, -0.05) is 0 Å². The lowest BCUT2D eigenvalue weighted by atomic mass is 10.2. The number of nitrogens with zero attached hydrogens (tertiary/aromatic N) is 3. The van der Waals surface area contributed by atoms with Crippen molar-refractivity contribution in [1.82, 2.24) is 5.01 Å². The summed E-state index contributed by atoms with van der Waals surface area (Å²) in [5, 5.41) is 12.4. The normalized spacial score (nSPS) is 17.2. The molecule has 1 aromatic carbocycles. The van der Waals surface area contributed by atoms with Crippen LogP contribution < -0.4 is 16.2 Å². The molecule has 0 atom stereocenters. The van der Waals surface area contributed by atoms with Crippen molar-refractivity contribution in [2.75, 3.05) is 0 Å². The van der Waals surface area contributed by atoms with E-state index in [4.69, 9.17) is 21.6 Å². The third kappa shape index (κ3) is 3.89. The van der Waals surface area contributed by atoms with E-state index in [2.05, 4.69) is 10.1 Å². The molecule has 0 saturated heterocycles. The van der Waals surface area contributed by atoms with Crippen molar-refractivity contribution in [2.45, 2.75) is 32.4 Å². The van der Waals surface area contributed by atoms with Crippen LogP contribution in [0, 0.1) is 5.41 Å². The Balaban J connectivity index is 2.36. The number of hydrazone groups is 1. The van der Waals surface area contributed by atoms with E-state index in [1.165, 1.54) is 24.3 Å². The van der Waals surface area contributed by atoms with E-state index in [9.17, 15) is 13.2 Å². The van der Waals surface area contributed by atoms with E-state index >= 15 is 0 Å². The fraction of sp³-hybridized carbons (Fsp3) is 0.357. The molecule has 7 nitrogen and oxygen atoms in total. The second kappa shape index (κ2) is 6.57. The summed E-state index contributed by atoms with van der Waals surface area (Å²) in [5.74, 6) is -0.0504. The molecule has 2 rings (SSSR count). The number of aliphatic imine (C=N–C) groups is 1. The summed E-state index contributed by atoms with van der Waals surface area (Å²) in [6.45, 7) is 3.27. The van der Waals surface area contributed by atoms with Gasteiger partial charge in [-0.25, -0.2) is 10.0 Å². The Morgan fingerprint density at radius 3 is 2.25 bits per heavy atom. The number of alkyl halides is 3. The molecule has 0 aliphatic carbocycles. The fourth-order valence-corrected chi connectivity index (χ4v) is 1.98. The third-order valence-electron chi connectivity index (χ3n) is 2.99. The van der Waals surface area contributed by atoms with Crippen LogP contribution in [0.15, 0.2) is 34.4 Å². The number of halogens is 3. The van der Waals surface area contributed by atoms with Gasteiger partial charge in [-0.3, -0.25) is 16.9 Å². The minimum absolute atomic E-state index is 0.218. The summed E-state index contributed by atoms with van der Waals surface area (Å²) in [4.78, 5) is 3.92. The first-order chi connectivity index (χ1) is 11.1. The number of rotatable bonds is 4. The van der Waals surface area contributed by atoms with Crippen molar-refractivity contribution in [2.24, 2.45) is 21.6 Å². The average Bonchev–Trinajstić information content (AvgIpc) is 2.78. The lowest BCUT2D eigenvalue weighted by Crippen LogP contribution is -2.36. The van der Waals surface area contributed by atoms with Gasteiger partial charge in [-0.2, -0.15) is 18.3 Å². The van der Waals surface area contributed by atoms with Crippen LogP contribution in [0.5, 0.6) is 5.75 Å². The molecule has 0 bridgehead atoms. The van der Waals surface area contributed by atoms with Crippen LogP contribution >= 0.6 is 0 Å². The minimum atomic E-state index is -4.70. The highest BCUT2D eigenvalue weighted by Crippen LogP contribution is 2.27. The van der Waals surface area contributed by atoms with Crippen molar-refractivity contribution < 1.29 is 17.9 Å². The standard InChI is InChI=1S/C14H17F3N6O/c1-7(2)23-12(18)10(11(22-23)14(15,16)17)21-8-3-5-9(6-4-8)24-13(19)20/h3-7,13,18H,19-20H2,1-2H3. The predicted octanol–water partition coefficient (Wildman–Crippen LogP) is 1.96. The van der Waals surface area contributed by atoms with E-state index in [1.54, 1.807) is 13.8 Å². The molecular weight excluding hydrogens is 325 g/mol. The molecule has 0 spiro atoms. The van der Waals surface area contributed by atoms with Crippen LogP contribution in [-0.4, -0.2) is 40.8 Å². The number of nitrogens with one attached hydrogen (secondary N) is 1. The zero-order valence-corrected chi connectivity index (χ0v) is 13.0. The number of benzene rings is 1. The Labute approximate surface area is 136 Å². The summed E-state index contributed by atoms with van der Waals surface area (Å²) in [6.07, 6.45) is -5.71. The summed E-state index contributed by atoms with van der Waals surface area (Å²) < 4.78 is 44.5. The average molecular weight is 342 g/mol. The Kier molecular flexibility index (Phi) is 4.90. The molecule has 24 heavy (non-hydrogen) atoms. The Bertz CT molecular complexity index is 679. The number of amidine groups is 1. The topological polar surface area (TPSA) is 113 Å². The number of ether oxygens (including phenoxy) is 1. The molecule has 0 radical (unpaired) electrons. The molecule has 1 aliphatic rings. The summed E-state index contributed by atoms with van der Waals surface area (Å²) in [7, 11) is 0. The van der Waals surface area contributed by atoms with E-state index in [-0.39, 0.29) is 5.69 Å². The van der Waals surface area contributed by atoms with Gasteiger partial charge < -0.3 is 4.74 Å². The van der Waals surface area contributed by atoms with E-state index in [1.807, 2.05) is 0 Å². The van der Waals surface area contributed by atoms with Gasteiger partial charge in [0.1, 0.15) is 11.5 Å².